The second-order valence-corrected chi connectivity index (χ2v) is 6.70. The van der Waals surface area contributed by atoms with Gasteiger partial charge in [0.05, 0.1) is 4.88 Å². The van der Waals surface area contributed by atoms with Gasteiger partial charge in [-0.3, -0.25) is 4.90 Å². The molecule has 6 nitrogen and oxygen atoms in total. The van der Waals surface area contributed by atoms with E-state index in [2.05, 4.69) is 15.0 Å². The molecule has 0 radical (unpaired) electrons. The Morgan fingerprint density at radius 1 is 1.27 bits per heavy atom. The van der Waals surface area contributed by atoms with Crippen LogP contribution in [-0.2, 0) is 0 Å². The third kappa shape index (κ3) is 2.21. The van der Waals surface area contributed by atoms with E-state index in [1.165, 1.54) is 41.4 Å². The van der Waals surface area contributed by atoms with E-state index in [0.29, 0.717) is 4.96 Å². The summed E-state index contributed by atoms with van der Waals surface area (Å²) >= 11 is 1.47. The molecule has 1 saturated heterocycles. The molecule has 3 aromatic rings. The van der Waals surface area contributed by atoms with Crippen LogP contribution in [0.3, 0.4) is 0 Å². The summed E-state index contributed by atoms with van der Waals surface area (Å²) < 4.78 is 7.38. The SMILES string of the molecule is Cc1ccc([C@H](c2sc3ncnn3c2O)N2CCCCC2)o1. The van der Waals surface area contributed by atoms with Gasteiger partial charge in [0.1, 0.15) is 23.9 Å². The molecule has 7 heteroatoms. The maximum atomic E-state index is 10.6. The highest BCUT2D eigenvalue weighted by Crippen LogP contribution is 2.40. The second-order valence-electron chi connectivity index (χ2n) is 5.69. The van der Waals surface area contributed by atoms with Gasteiger partial charge in [-0.1, -0.05) is 17.8 Å². The van der Waals surface area contributed by atoms with Crippen molar-refractivity contribution in [3.8, 4) is 5.88 Å². The standard InChI is InChI=1S/C15H18N4O2S/c1-10-5-6-11(21-10)12(18-7-3-2-4-8-18)13-14(20)19-15(22-13)16-9-17-19/h5-6,9,12,20H,2-4,7-8H2,1H3/t12-/m1/s1. The first-order valence-electron chi connectivity index (χ1n) is 7.56. The maximum absolute atomic E-state index is 10.6. The topological polar surface area (TPSA) is 66.8 Å². The Kier molecular flexibility index (Phi) is 3.38. The lowest BCUT2D eigenvalue weighted by molar-refractivity contribution is 0.168. The van der Waals surface area contributed by atoms with Crippen LogP contribution in [0.1, 0.15) is 41.7 Å². The first-order valence-corrected chi connectivity index (χ1v) is 8.37. The number of likely N-dealkylation sites (tertiary alicyclic amines) is 1. The molecule has 22 heavy (non-hydrogen) atoms. The van der Waals surface area contributed by atoms with Gasteiger partial charge in [0.15, 0.2) is 0 Å². The summed E-state index contributed by atoms with van der Waals surface area (Å²) in [6, 6.07) is 3.91. The molecule has 0 aliphatic carbocycles. The van der Waals surface area contributed by atoms with E-state index < -0.39 is 0 Å². The smallest absolute Gasteiger partial charge is 0.230 e. The minimum atomic E-state index is -0.0671. The Morgan fingerprint density at radius 3 is 2.77 bits per heavy atom. The molecule has 1 atom stereocenters. The van der Waals surface area contributed by atoms with Gasteiger partial charge in [0, 0.05) is 0 Å². The van der Waals surface area contributed by atoms with Crippen molar-refractivity contribution in [2.45, 2.75) is 32.2 Å². The van der Waals surface area contributed by atoms with Crippen molar-refractivity contribution < 1.29 is 9.52 Å². The van der Waals surface area contributed by atoms with Crippen LogP contribution in [0.15, 0.2) is 22.9 Å². The highest BCUT2D eigenvalue weighted by atomic mass is 32.1. The quantitative estimate of drug-likeness (QED) is 0.804. The third-order valence-electron chi connectivity index (χ3n) is 4.17. The van der Waals surface area contributed by atoms with E-state index >= 15 is 0 Å². The van der Waals surface area contributed by atoms with Crippen LogP contribution >= 0.6 is 11.3 Å². The Hall–Kier alpha value is -1.86. The van der Waals surface area contributed by atoms with Crippen molar-refractivity contribution in [1.29, 1.82) is 0 Å². The molecule has 1 fully saturated rings. The number of furan rings is 1. The number of nitrogens with zero attached hydrogens (tertiary/aromatic N) is 4. The number of hydrogen-bond donors (Lipinski definition) is 1. The Balaban J connectivity index is 1.81. The molecule has 1 N–H and O–H groups in total. The number of rotatable bonds is 3. The van der Waals surface area contributed by atoms with E-state index in [9.17, 15) is 5.11 Å². The zero-order valence-electron chi connectivity index (χ0n) is 12.4. The lowest BCUT2D eigenvalue weighted by atomic mass is 10.1. The Bertz CT molecular complexity index is 785. The molecule has 1 aliphatic rings. The number of piperidine rings is 1. The molecule has 1 aliphatic heterocycles. The van der Waals surface area contributed by atoms with Crippen molar-refractivity contribution >= 4 is 16.3 Å². The highest BCUT2D eigenvalue weighted by Gasteiger charge is 2.32. The molecule has 0 saturated carbocycles. The van der Waals surface area contributed by atoms with Gasteiger partial charge in [-0.05, 0) is 45.0 Å². The monoisotopic (exact) mass is 318 g/mol. The lowest BCUT2D eigenvalue weighted by Crippen LogP contribution is -2.33. The van der Waals surface area contributed by atoms with E-state index in [0.717, 1.165) is 29.5 Å². The van der Waals surface area contributed by atoms with E-state index in [-0.39, 0.29) is 11.9 Å². The van der Waals surface area contributed by atoms with Gasteiger partial charge in [0.2, 0.25) is 10.8 Å². The first kappa shape index (κ1) is 13.8. The minimum absolute atomic E-state index is 0.0671. The summed E-state index contributed by atoms with van der Waals surface area (Å²) in [5.41, 5.74) is 0. The van der Waals surface area contributed by atoms with Crippen LogP contribution < -0.4 is 0 Å². The van der Waals surface area contributed by atoms with Crippen LogP contribution in [0.2, 0.25) is 0 Å². The molecular weight excluding hydrogens is 300 g/mol. The maximum Gasteiger partial charge on any atom is 0.230 e. The molecule has 0 bridgehead atoms. The molecule has 4 rings (SSSR count). The fourth-order valence-corrected chi connectivity index (χ4v) is 4.20. The summed E-state index contributed by atoms with van der Waals surface area (Å²) in [4.78, 5) is 8.13. The second kappa shape index (κ2) is 5.40. The van der Waals surface area contributed by atoms with Gasteiger partial charge in [-0.15, -0.1) is 0 Å². The number of fused-ring (bicyclic) bond motifs is 1. The number of aromatic nitrogens is 3. The normalized spacial score (nSPS) is 18.0. The zero-order valence-corrected chi connectivity index (χ0v) is 13.2. The molecular formula is C15H18N4O2S. The van der Waals surface area contributed by atoms with Crippen LogP contribution in [0.5, 0.6) is 5.88 Å². The number of aryl methyl sites for hydroxylation is 1. The molecule has 0 unspecified atom stereocenters. The van der Waals surface area contributed by atoms with Gasteiger partial charge < -0.3 is 9.52 Å². The lowest BCUT2D eigenvalue weighted by Gasteiger charge is -2.32. The highest BCUT2D eigenvalue weighted by molar-refractivity contribution is 7.17. The third-order valence-corrected chi connectivity index (χ3v) is 5.26. The fourth-order valence-electron chi connectivity index (χ4n) is 3.12. The van der Waals surface area contributed by atoms with Gasteiger partial charge in [0.25, 0.3) is 0 Å². The average Bonchev–Trinajstić information content (AvgIpc) is 3.22. The molecule has 0 amide bonds. The molecule has 0 spiro atoms. The Morgan fingerprint density at radius 2 is 2.09 bits per heavy atom. The van der Waals surface area contributed by atoms with Gasteiger partial charge in [-0.25, -0.2) is 4.98 Å². The molecule has 0 aromatic carbocycles. The van der Waals surface area contributed by atoms with Crippen molar-refractivity contribution in [2.24, 2.45) is 0 Å². The summed E-state index contributed by atoms with van der Waals surface area (Å²) in [5.74, 6) is 1.93. The van der Waals surface area contributed by atoms with Crippen molar-refractivity contribution in [3.63, 3.8) is 0 Å². The zero-order chi connectivity index (χ0) is 15.1. The van der Waals surface area contributed by atoms with E-state index in [1.54, 1.807) is 0 Å². The van der Waals surface area contributed by atoms with Crippen molar-refractivity contribution in [3.05, 3.63) is 34.9 Å². The summed E-state index contributed by atoms with van der Waals surface area (Å²) in [6.45, 7) is 3.97. The number of thiazole rings is 1. The molecule has 4 heterocycles. The van der Waals surface area contributed by atoms with Crippen LogP contribution in [0.4, 0.5) is 0 Å². The Labute approximate surface area is 132 Å². The first-order chi connectivity index (χ1) is 10.7. The summed E-state index contributed by atoms with van der Waals surface area (Å²) in [7, 11) is 0. The van der Waals surface area contributed by atoms with E-state index in [1.807, 2.05) is 19.1 Å². The van der Waals surface area contributed by atoms with Gasteiger partial charge >= 0.3 is 0 Å². The fraction of sp³-hybridized carbons (Fsp3) is 0.467. The predicted molar refractivity (Wildman–Crippen MR) is 83.2 cm³/mol. The number of hydrogen-bond acceptors (Lipinski definition) is 6. The average molecular weight is 318 g/mol. The van der Waals surface area contributed by atoms with E-state index in [4.69, 9.17) is 4.42 Å². The van der Waals surface area contributed by atoms with Crippen LogP contribution in [-0.4, -0.2) is 37.7 Å². The van der Waals surface area contributed by atoms with Crippen molar-refractivity contribution in [2.75, 3.05) is 13.1 Å². The minimum Gasteiger partial charge on any atom is -0.492 e. The largest absolute Gasteiger partial charge is 0.492 e. The van der Waals surface area contributed by atoms with Crippen LogP contribution in [0, 0.1) is 6.92 Å². The summed E-state index contributed by atoms with van der Waals surface area (Å²) in [6.07, 6.45) is 5.08. The van der Waals surface area contributed by atoms with Gasteiger partial charge in [-0.2, -0.15) is 9.61 Å². The molecule has 3 aromatic heterocycles. The van der Waals surface area contributed by atoms with Crippen LogP contribution in [0.25, 0.3) is 4.96 Å². The molecule has 116 valence electrons. The predicted octanol–water partition coefficient (Wildman–Crippen LogP) is 2.97. The summed E-state index contributed by atoms with van der Waals surface area (Å²) in [5, 5.41) is 14.6. The number of aromatic hydroxyl groups is 1. The van der Waals surface area contributed by atoms with Crippen molar-refractivity contribution in [1.82, 2.24) is 19.5 Å².